The first-order chi connectivity index (χ1) is 10.8. The molecule has 0 saturated heterocycles. The van der Waals surface area contributed by atoms with Gasteiger partial charge in [-0.15, -0.1) is 12.4 Å². The van der Waals surface area contributed by atoms with Gasteiger partial charge in [-0.05, 0) is 12.1 Å². The standard InChI is InChI=1S/C18H13N3O.ClH/c1-22-18-16(11-19)15(14-8-5-9-20-12-14)10-17(21-18)13-6-3-2-4-7-13;/h2-10,12H,1H3;1H. The van der Waals surface area contributed by atoms with E-state index in [1.54, 1.807) is 12.4 Å². The fourth-order valence-corrected chi connectivity index (χ4v) is 2.28. The quantitative estimate of drug-likeness (QED) is 0.727. The molecule has 3 aromatic rings. The summed E-state index contributed by atoms with van der Waals surface area (Å²) in [4.78, 5) is 8.58. The van der Waals surface area contributed by atoms with Crippen molar-refractivity contribution in [1.82, 2.24) is 9.97 Å². The van der Waals surface area contributed by atoms with E-state index in [0.717, 1.165) is 22.4 Å². The van der Waals surface area contributed by atoms with Crippen LogP contribution in [0.1, 0.15) is 5.56 Å². The first kappa shape index (κ1) is 16.5. The zero-order valence-electron chi connectivity index (χ0n) is 12.4. The third kappa shape index (κ3) is 3.31. The second kappa shape index (κ2) is 7.39. The van der Waals surface area contributed by atoms with Gasteiger partial charge in [0.1, 0.15) is 11.6 Å². The number of pyridine rings is 2. The first-order valence-corrected chi connectivity index (χ1v) is 6.78. The average molecular weight is 324 g/mol. The molecule has 4 nitrogen and oxygen atoms in total. The molecule has 0 unspecified atom stereocenters. The lowest BCUT2D eigenvalue weighted by Gasteiger charge is -2.11. The van der Waals surface area contributed by atoms with Crippen molar-refractivity contribution in [1.29, 1.82) is 5.26 Å². The van der Waals surface area contributed by atoms with E-state index in [4.69, 9.17) is 4.74 Å². The third-order valence-electron chi connectivity index (χ3n) is 3.33. The van der Waals surface area contributed by atoms with E-state index in [1.165, 1.54) is 7.11 Å². The van der Waals surface area contributed by atoms with E-state index >= 15 is 0 Å². The molecule has 1 aromatic carbocycles. The Balaban J connectivity index is 0.00000192. The molecular formula is C18H14ClN3O. The minimum Gasteiger partial charge on any atom is -0.480 e. The minimum absolute atomic E-state index is 0. The summed E-state index contributed by atoms with van der Waals surface area (Å²) in [6, 6.07) is 17.6. The van der Waals surface area contributed by atoms with E-state index in [-0.39, 0.29) is 12.4 Å². The van der Waals surface area contributed by atoms with Gasteiger partial charge in [-0.1, -0.05) is 36.4 Å². The van der Waals surface area contributed by atoms with Gasteiger partial charge >= 0.3 is 0 Å². The predicted octanol–water partition coefficient (Wildman–Crippen LogP) is 4.11. The SMILES string of the molecule is COc1nc(-c2ccccc2)cc(-c2cccnc2)c1C#N.Cl. The molecule has 0 saturated carbocycles. The van der Waals surface area contributed by atoms with Gasteiger partial charge in [0.15, 0.2) is 0 Å². The molecule has 5 heteroatoms. The van der Waals surface area contributed by atoms with E-state index in [2.05, 4.69) is 16.0 Å². The van der Waals surface area contributed by atoms with Crippen molar-refractivity contribution < 1.29 is 4.74 Å². The Morgan fingerprint density at radius 2 is 1.78 bits per heavy atom. The molecular weight excluding hydrogens is 310 g/mol. The third-order valence-corrected chi connectivity index (χ3v) is 3.33. The Hall–Kier alpha value is -2.90. The Morgan fingerprint density at radius 1 is 1.04 bits per heavy atom. The summed E-state index contributed by atoms with van der Waals surface area (Å²) in [5.74, 6) is 0.322. The Bertz CT molecular complexity index is 830. The number of nitriles is 1. The van der Waals surface area contributed by atoms with Crippen molar-refractivity contribution in [2.45, 2.75) is 0 Å². The number of hydrogen-bond donors (Lipinski definition) is 0. The van der Waals surface area contributed by atoms with Gasteiger partial charge in [-0.3, -0.25) is 4.98 Å². The topological polar surface area (TPSA) is 58.8 Å². The summed E-state index contributed by atoms with van der Waals surface area (Å²) in [5, 5.41) is 9.46. The zero-order chi connectivity index (χ0) is 15.4. The molecule has 0 atom stereocenters. The van der Waals surface area contributed by atoms with Crippen LogP contribution in [0.3, 0.4) is 0 Å². The number of ether oxygens (including phenoxy) is 1. The number of benzene rings is 1. The molecule has 114 valence electrons. The lowest BCUT2D eigenvalue weighted by Crippen LogP contribution is -1.97. The van der Waals surface area contributed by atoms with Gasteiger partial charge in [0.05, 0.1) is 12.8 Å². The second-order valence-corrected chi connectivity index (χ2v) is 4.66. The molecule has 3 rings (SSSR count). The van der Waals surface area contributed by atoms with Gasteiger partial charge in [0, 0.05) is 29.1 Å². The maximum Gasteiger partial charge on any atom is 0.232 e. The number of aromatic nitrogens is 2. The van der Waals surface area contributed by atoms with Crippen molar-refractivity contribution in [3.63, 3.8) is 0 Å². The highest BCUT2D eigenvalue weighted by Crippen LogP contribution is 2.32. The highest BCUT2D eigenvalue weighted by molar-refractivity contribution is 5.85. The smallest absolute Gasteiger partial charge is 0.232 e. The lowest BCUT2D eigenvalue weighted by molar-refractivity contribution is 0.397. The van der Waals surface area contributed by atoms with Crippen molar-refractivity contribution >= 4 is 12.4 Å². The van der Waals surface area contributed by atoms with Crippen LogP contribution in [0.25, 0.3) is 22.4 Å². The van der Waals surface area contributed by atoms with Gasteiger partial charge in [-0.2, -0.15) is 5.26 Å². The van der Waals surface area contributed by atoms with E-state index in [1.807, 2.05) is 48.5 Å². The Kier molecular flexibility index (Phi) is 5.29. The summed E-state index contributed by atoms with van der Waals surface area (Å²) in [7, 11) is 1.52. The fraction of sp³-hybridized carbons (Fsp3) is 0.0556. The van der Waals surface area contributed by atoms with Crippen molar-refractivity contribution in [3.05, 3.63) is 66.5 Å². The summed E-state index contributed by atoms with van der Waals surface area (Å²) < 4.78 is 5.31. The summed E-state index contributed by atoms with van der Waals surface area (Å²) in [6.45, 7) is 0. The molecule has 0 fully saturated rings. The van der Waals surface area contributed by atoms with Crippen LogP contribution >= 0.6 is 12.4 Å². The van der Waals surface area contributed by atoms with Crippen LogP contribution in [0.4, 0.5) is 0 Å². The molecule has 0 aliphatic rings. The largest absolute Gasteiger partial charge is 0.480 e. The molecule has 2 aromatic heterocycles. The number of methoxy groups -OCH3 is 1. The molecule has 0 amide bonds. The molecule has 0 bridgehead atoms. The van der Waals surface area contributed by atoms with Crippen LogP contribution in [0.15, 0.2) is 60.9 Å². The summed E-state index contributed by atoms with van der Waals surface area (Å²) >= 11 is 0. The fourth-order valence-electron chi connectivity index (χ4n) is 2.28. The molecule has 2 heterocycles. The second-order valence-electron chi connectivity index (χ2n) is 4.66. The predicted molar refractivity (Wildman–Crippen MR) is 91.4 cm³/mol. The summed E-state index contributed by atoms with van der Waals surface area (Å²) in [6.07, 6.45) is 3.43. The van der Waals surface area contributed by atoms with Crippen LogP contribution in [0, 0.1) is 11.3 Å². The monoisotopic (exact) mass is 323 g/mol. The minimum atomic E-state index is 0. The van der Waals surface area contributed by atoms with Crippen molar-refractivity contribution in [3.8, 4) is 34.3 Å². The van der Waals surface area contributed by atoms with E-state index in [0.29, 0.717) is 11.4 Å². The molecule has 0 aliphatic carbocycles. The van der Waals surface area contributed by atoms with Crippen LogP contribution in [-0.2, 0) is 0 Å². The normalized spacial score (nSPS) is 9.57. The first-order valence-electron chi connectivity index (χ1n) is 6.78. The highest BCUT2D eigenvalue weighted by Gasteiger charge is 2.15. The van der Waals surface area contributed by atoms with Gasteiger partial charge < -0.3 is 4.74 Å². The Labute approximate surface area is 140 Å². The molecule has 23 heavy (non-hydrogen) atoms. The van der Waals surface area contributed by atoms with Gasteiger partial charge in [0.2, 0.25) is 5.88 Å². The molecule has 0 spiro atoms. The average Bonchev–Trinajstić information content (AvgIpc) is 2.62. The van der Waals surface area contributed by atoms with Crippen LogP contribution < -0.4 is 4.74 Å². The maximum atomic E-state index is 9.46. The van der Waals surface area contributed by atoms with Gasteiger partial charge in [0.25, 0.3) is 0 Å². The Morgan fingerprint density at radius 3 is 2.39 bits per heavy atom. The number of rotatable bonds is 3. The highest BCUT2D eigenvalue weighted by atomic mass is 35.5. The molecule has 0 aliphatic heterocycles. The van der Waals surface area contributed by atoms with Crippen molar-refractivity contribution in [2.24, 2.45) is 0 Å². The van der Waals surface area contributed by atoms with Crippen LogP contribution in [0.2, 0.25) is 0 Å². The number of hydrogen-bond acceptors (Lipinski definition) is 4. The van der Waals surface area contributed by atoms with Gasteiger partial charge in [-0.25, -0.2) is 4.98 Å². The van der Waals surface area contributed by atoms with Crippen LogP contribution in [0.5, 0.6) is 5.88 Å². The number of nitrogens with zero attached hydrogens (tertiary/aromatic N) is 3. The summed E-state index contributed by atoms with van der Waals surface area (Å²) in [5.41, 5.74) is 3.76. The van der Waals surface area contributed by atoms with Crippen molar-refractivity contribution in [2.75, 3.05) is 7.11 Å². The van der Waals surface area contributed by atoms with E-state index in [9.17, 15) is 5.26 Å². The van der Waals surface area contributed by atoms with E-state index < -0.39 is 0 Å². The zero-order valence-corrected chi connectivity index (χ0v) is 13.2. The number of halogens is 1. The lowest BCUT2D eigenvalue weighted by atomic mass is 10.00. The molecule has 0 radical (unpaired) electrons. The van der Waals surface area contributed by atoms with Crippen LogP contribution in [-0.4, -0.2) is 17.1 Å². The maximum absolute atomic E-state index is 9.46. The molecule has 0 N–H and O–H groups in total.